The molecule has 1 amide bonds. The first-order valence-electron chi connectivity index (χ1n) is 7.69. The minimum Gasteiger partial charge on any atom is -0.396 e. The Morgan fingerprint density at radius 2 is 2.19 bits per heavy atom. The third-order valence-corrected chi connectivity index (χ3v) is 3.77. The summed E-state index contributed by atoms with van der Waals surface area (Å²) in [6.07, 6.45) is 5.30. The van der Waals surface area contributed by atoms with Gasteiger partial charge >= 0.3 is 0 Å². The first kappa shape index (κ1) is 15.8. The number of nitrogens with two attached hydrogens (primary N) is 1. The van der Waals surface area contributed by atoms with Crippen LogP contribution in [0.15, 0.2) is 18.2 Å². The van der Waals surface area contributed by atoms with E-state index in [1.807, 2.05) is 0 Å². The molecule has 0 bridgehead atoms. The summed E-state index contributed by atoms with van der Waals surface area (Å²) in [5, 5.41) is 2.77. The van der Waals surface area contributed by atoms with E-state index in [1.54, 1.807) is 0 Å². The van der Waals surface area contributed by atoms with Gasteiger partial charge in [-0.05, 0) is 44.0 Å². The summed E-state index contributed by atoms with van der Waals surface area (Å²) in [6.45, 7) is 4.03. The number of nitrogen functional groups attached to an aromatic ring is 1. The first-order valence-corrected chi connectivity index (χ1v) is 7.69. The standard InChI is InChI=1S/C16H24FN3O/c1-2-3-9-20(13-5-6-13)10-8-16(21)19-12-4-7-14(17)15(18)11-12/h4,7,11,13H,2-3,5-6,8-10,18H2,1H3,(H,19,21). The van der Waals surface area contributed by atoms with E-state index in [2.05, 4.69) is 17.1 Å². The Labute approximate surface area is 125 Å². The number of rotatable bonds is 8. The van der Waals surface area contributed by atoms with Gasteiger partial charge in [-0.2, -0.15) is 0 Å². The van der Waals surface area contributed by atoms with Crippen molar-refractivity contribution in [1.29, 1.82) is 0 Å². The van der Waals surface area contributed by atoms with Gasteiger partial charge in [-0.3, -0.25) is 9.69 Å². The van der Waals surface area contributed by atoms with Crippen molar-refractivity contribution in [3.8, 4) is 0 Å². The number of carbonyl (C=O) groups excluding carboxylic acids is 1. The van der Waals surface area contributed by atoms with E-state index in [-0.39, 0.29) is 11.6 Å². The van der Waals surface area contributed by atoms with Gasteiger partial charge in [0.25, 0.3) is 0 Å². The second-order valence-electron chi connectivity index (χ2n) is 5.66. The normalized spacial score (nSPS) is 14.4. The molecular weight excluding hydrogens is 269 g/mol. The molecule has 1 aromatic carbocycles. The predicted octanol–water partition coefficient (Wildman–Crippen LogP) is 3.00. The Morgan fingerprint density at radius 3 is 2.81 bits per heavy atom. The molecule has 0 saturated heterocycles. The average molecular weight is 293 g/mol. The van der Waals surface area contributed by atoms with Gasteiger partial charge in [0.05, 0.1) is 5.69 Å². The number of nitrogens with zero attached hydrogens (tertiary/aromatic N) is 1. The minimum atomic E-state index is -0.465. The molecule has 4 nitrogen and oxygen atoms in total. The fourth-order valence-corrected chi connectivity index (χ4v) is 2.37. The molecule has 116 valence electrons. The van der Waals surface area contributed by atoms with Gasteiger partial charge in [-0.15, -0.1) is 0 Å². The number of benzene rings is 1. The number of unbranched alkanes of at least 4 members (excludes halogenated alkanes) is 1. The van der Waals surface area contributed by atoms with Crippen molar-refractivity contribution in [3.05, 3.63) is 24.0 Å². The van der Waals surface area contributed by atoms with E-state index in [9.17, 15) is 9.18 Å². The quantitative estimate of drug-likeness (QED) is 0.724. The van der Waals surface area contributed by atoms with E-state index in [4.69, 9.17) is 5.73 Å². The van der Waals surface area contributed by atoms with Gasteiger partial charge in [0.2, 0.25) is 5.91 Å². The maximum absolute atomic E-state index is 13.1. The van der Waals surface area contributed by atoms with Gasteiger partial charge in [0.15, 0.2) is 0 Å². The number of hydrogen-bond donors (Lipinski definition) is 2. The summed E-state index contributed by atoms with van der Waals surface area (Å²) in [5.74, 6) is -0.518. The summed E-state index contributed by atoms with van der Waals surface area (Å²) in [7, 11) is 0. The lowest BCUT2D eigenvalue weighted by atomic mass is 10.2. The molecule has 0 radical (unpaired) electrons. The maximum Gasteiger partial charge on any atom is 0.225 e. The third-order valence-electron chi connectivity index (χ3n) is 3.77. The van der Waals surface area contributed by atoms with Crippen LogP contribution in [-0.4, -0.2) is 29.9 Å². The van der Waals surface area contributed by atoms with Crippen molar-refractivity contribution in [2.24, 2.45) is 0 Å². The Morgan fingerprint density at radius 1 is 1.43 bits per heavy atom. The average Bonchev–Trinajstić information content (AvgIpc) is 3.27. The number of hydrogen-bond acceptors (Lipinski definition) is 3. The van der Waals surface area contributed by atoms with Crippen molar-refractivity contribution < 1.29 is 9.18 Å². The number of carbonyl (C=O) groups is 1. The van der Waals surface area contributed by atoms with Crippen LogP contribution in [0.25, 0.3) is 0 Å². The lowest BCUT2D eigenvalue weighted by molar-refractivity contribution is -0.116. The molecule has 1 aliphatic carbocycles. The second kappa shape index (κ2) is 7.41. The van der Waals surface area contributed by atoms with E-state index in [0.29, 0.717) is 18.2 Å². The third kappa shape index (κ3) is 5.01. The molecule has 1 saturated carbocycles. The first-order chi connectivity index (χ1) is 10.1. The zero-order valence-electron chi connectivity index (χ0n) is 12.6. The summed E-state index contributed by atoms with van der Waals surface area (Å²) >= 11 is 0. The highest BCUT2D eigenvalue weighted by Gasteiger charge is 2.28. The van der Waals surface area contributed by atoms with Crippen LogP contribution < -0.4 is 11.1 Å². The molecule has 0 aliphatic heterocycles. The smallest absolute Gasteiger partial charge is 0.225 e. The highest BCUT2D eigenvalue weighted by molar-refractivity contribution is 5.91. The number of halogens is 1. The Kier molecular flexibility index (Phi) is 5.56. The van der Waals surface area contributed by atoms with E-state index < -0.39 is 5.82 Å². The van der Waals surface area contributed by atoms with Crippen molar-refractivity contribution in [3.63, 3.8) is 0 Å². The molecule has 0 spiro atoms. The van der Waals surface area contributed by atoms with Crippen LogP contribution in [0.2, 0.25) is 0 Å². The summed E-state index contributed by atoms with van der Waals surface area (Å²) in [4.78, 5) is 14.4. The van der Waals surface area contributed by atoms with Crippen molar-refractivity contribution in [1.82, 2.24) is 4.90 Å². The molecule has 3 N–H and O–H groups in total. The van der Waals surface area contributed by atoms with Gasteiger partial charge < -0.3 is 11.1 Å². The van der Waals surface area contributed by atoms with E-state index >= 15 is 0 Å². The van der Waals surface area contributed by atoms with Crippen LogP contribution >= 0.6 is 0 Å². The molecule has 5 heteroatoms. The maximum atomic E-state index is 13.1. The lowest BCUT2D eigenvalue weighted by Gasteiger charge is -2.21. The zero-order chi connectivity index (χ0) is 15.2. The molecule has 1 fully saturated rings. The minimum absolute atomic E-state index is 0.0513. The second-order valence-corrected chi connectivity index (χ2v) is 5.66. The van der Waals surface area contributed by atoms with Gasteiger partial charge in [0.1, 0.15) is 5.82 Å². The van der Waals surface area contributed by atoms with Gasteiger partial charge in [-0.25, -0.2) is 4.39 Å². The molecule has 21 heavy (non-hydrogen) atoms. The van der Waals surface area contributed by atoms with Gasteiger partial charge in [0, 0.05) is 24.7 Å². The van der Waals surface area contributed by atoms with Crippen LogP contribution in [0.5, 0.6) is 0 Å². The van der Waals surface area contributed by atoms with Crippen LogP contribution in [0.1, 0.15) is 39.0 Å². The van der Waals surface area contributed by atoms with Crippen molar-refractivity contribution in [2.45, 2.75) is 45.1 Å². The summed E-state index contributed by atoms with van der Waals surface area (Å²) in [6, 6.07) is 4.91. The molecule has 1 aromatic rings. The number of anilines is 2. The van der Waals surface area contributed by atoms with Crippen molar-refractivity contribution >= 4 is 17.3 Å². The Hall–Kier alpha value is -1.62. The van der Waals surface area contributed by atoms with Crippen LogP contribution in [0.4, 0.5) is 15.8 Å². The number of amides is 1. The van der Waals surface area contributed by atoms with E-state index in [0.717, 1.165) is 13.1 Å². The number of nitrogens with one attached hydrogen (secondary N) is 1. The SMILES string of the molecule is CCCCN(CCC(=O)Nc1ccc(F)c(N)c1)C1CC1. The predicted molar refractivity (Wildman–Crippen MR) is 83.6 cm³/mol. The highest BCUT2D eigenvalue weighted by atomic mass is 19.1. The molecule has 0 atom stereocenters. The Balaban J connectivity index is 1.79. The van der Waals surface area contributed by atoms with Gasteiger partial charge in [-0.1, -0.05) is 13.3 Å². The van der Waals surface area contributed by atoms with E-state index in [1.165, 1.54) is 43.9 Å². The Bertz CT molecular complexity index is 488. The molecular formula is C16H24FN3O. The van der Waals surface area contributed by atoms with Crippen LogP contribution in [-0.2, 0) is 4.79 Å². The summed E-state index contributed by atoms with van der Waals surface area (Å²) in [5.41, 5.74) is 6.08. The topological polar surface area (TPSA) is 58.4 Å². The molecule has 0 aromatic heterocycles. The van der Waals surface area contributed by atoms with Crippen LogP contribution in [0, 0.1) is 5.82 Å². The van der Waals surface area contributed by atoms with Crippen LogP contribution in [0.3, 0.4) is 0 Å². The highest BCUT2D eigenvalue weighted by Crippen LogP contribution is 2.27. The molecule has 0 heterocycles. The zero-order valence-corrected chi connectivity index (χ0v) is 12.6. The lowest BCUT2D eigenvalue weighted by Crippen LogP contribution is -2.30. The fourth-order valence-electron chi connectivity index (χ4n) is 2.37. The fraction of sp³-hybridized carbons (Fsp3) is 0.562. The van der Waals surface area contributed by atoms with Crippen molar-refractivity contribution in [2.75, 3.05) is 24.1 Å². The largest absolute Gasteiger partial charge is 0.396 e. The summed E-state index contributed by atoms with van der Waals surface area (Å²) < 4.78 is 13.1. The molecule has 2 rings (SSSR count). The molecule has 0 unspecified atom stereocenters. The molecule has 1 aliphatic rings. The monoisotopic (exact) mass is 293 g/mol.